The lowest BCUT2D eigenvalue weighted by Crippen LogP contribution is -2.58. The van der Waals surface area contributed by atoms with Crippen LogP contribution in [0, 0.1) is 0 Å². The van der Waals surface area contributed by atoms with Crippen LogP contribution in [-0.2, 0) is 45.0 Å². The number of carbonyl (C=O) groups is 2. The molecule has 0 spiro atoms. The van der Waals surface area contributed by atoms with Crippen molar-refractivity contribution in [3.63, 3.8) is 0 Å². The van der Waals surface area contributed by atoms with E-state index in [0.717, 1.165) is 48.0 Å². The van der Waals surface area contributed by atoms with Gasteiger partial charge in [-0.25, -0.2) is 14.3 Å². The van der Waals surface area contributed by atoms with Crippen LogP contribution >= 0.6 is 0 Å². The molecule has 1 atom stereocenters. The number of rotatable bonds is 10. The first-order valence-corrected chi connectivity index (χ1v) is 19.2. The van der Waals surface area contributed by atoms with Gasteiger partial charge in [0.15, 0.2) is 5.54 Å². The lowest BCUT2D eigenvalue weighted by molar-refractivity contribution is -0.147. The Morgan fingerprint density at radius 2 is 1.82 bits per heavy atom. The molecule has 0 saturated heterocycles. The Bertz CT molecular complexity index is 1520. The van der Waals surface area contributed by atoms with Crippen LogP contribution in [0.15, 0.2) is 48.7 Å². The maximum absolute atomic E-state index is 13.5. The maximum atomic E-state index is 13.5. The third-order valence-corrected chi connectivity index (χ3v) is 9.94. The van der Waals surface area contributed by atoms with Crippen LogP contribution < -0.4 is 10.2 Å². The number of para-hydroxylation sites is 1. The number of nitrogens with zero attached hydrogens (tertiary/aromatic N) is 3. The molecule has 2 heterocycles. The Morgan fingerprint density at radius 3 is 2.55 bits per heavy atom. The van der Waals surface area contributed by atoms with Gasteiger partial charge in [0.1, 0.15) is 12.3 Å². The second-order valence-electron chi connectivity index (χ2n) is 14.1. The van der Waals surface area contributed by atoms with Crippen molar-refractivity contribution in [2.75, 3.05) is 30.5 Å². The molecule has 2 aliphatic rings. The van der Waals surface area contributed by atoms with Crippen LogP contribution in [0.5, 0.6) is 0 Å². The summed E-state index contributed by atoms with van der Waals surface area (Å²) in [5.41, 5.74) is 5.34. The summed E-state index contributed by atoms with van der Waals surface area (Å²) in [7, 11) is 0.242. The lowest BCUT2D eigenvalue weighted by atomic mass is 9.89. The van der Waals surface area contributed by atoms with Gasteiger partial charge in [0, 0.05) is 45.1 Å². The normalized spacial score (nSPS) is 17.5. The number of esters is 1. The van der Waals surface area contributed by atoms with Gasteiger partial charge < -0.3 is 19.5 Å². The Kier molecular flexibility index (Phi) is 8.96. The van der Waals surface area contributed by atoms with Gasteiger partial charge in [-0.05, 0) is 81.0 Å². The number of nitrogens with one attached hydrogen (secondary N) is 1. The topological polar surface area (TPSA) is 94.9 Å². The molecule has 1 amide bonds. The Labute approximate surface area is 261 Å². The van der Waals surface area contributed by atoms with Gasteiger partial charge in [-0.2, -0.15) is 5.10 Å². The third-order valence-electron chi connectivity index (χ3n) is 8.24. The van der Waals surface area contributed by atoms with Crippen LogP contribution in [-0.4, -0.2) is 61.3 Å². The highest BCUT2D eigenvalue weighted by atomic mass is 28.3. The molecule has 0 fully saturated rings. The number of methoxy groups -OCH3 is 1. The fourth-order valence-corrected chi connectivity index (χ4v) is 6.81. The molecule has 1 aromatic heterocycles. The van der Waals surface area contributed by atoms with E-state index in [4.69, 9.17) is 19.3 Å². The van der Waals surface area contributed by atoms with Crippen LogP contribution in [0.4, 0.5) is 16.2 Å². The Hall–Kier alpha value is -3.63. The van der Waals surface area contributed by atoms with Crippen molar-refractivity contribution >= 4 is 31.5 Å². The molecule has 44 heavy (non-hydrogen) atoms. The molecule has 3 aromatic rings. The van der Waals surface area contributed by atoms with E-state index in [1.165, 1.54) is 23.1 Å². The van der Waals surface area contributed by atoms with Gasteiger partial charge in [0.2, 0.25) is 0 Å². The average Bonchev–Trinajstić information content (AvgIpc) is 3.53. The molecule has 0 radical (unpaired) electrons. The fraction of sp³-hybridized carbons (Fsp3) is 0.500. The minimum atomic E-state index is -1.22. The molecular weight excluding hydrogens is 572 g/mol. The van der Waals surface area contributed by atoms with Crippen molar-refractivity contribution in [1.29, 1.82) is 0 Å². The summed E-state index contributed by atoms with van der Waals surface area (Å²) in [6.45, 7) is 14.2. The quantitative estimate of drug-likeness (QED) is 0.154. The number of aryl methyl sites for hydroxylation is 2. The smallest absolute Gasteiger partial charge is 0.415 e. The summed E-state index contributed by atoms with van der Waals surface area (Å²) < 4.78 is 18.9. The molecular formula is C34H46N4O5Si. The number of hydrogen-bond acceptors (Lipinski definition) is 7. The van der Waals surface area contributed by atoms with E-state index in [2.05, 4.69) is 49.4 Å². The zero-order valence-electron chi connectivity index (χ0n) is 27.2. The minimum absolute atomic E-state index is 0.347. The van der Waals surface area contributed by atoms with Crippen LogP contribution in [0.2, 0.25) is 25.7 Å². The predicted molar refractivity (Wildman–Crippen MR) is 176 cm³/mol. The maximum Gasteiger partial charge on any atom is 0.415 e. The van der Waals surface area contributed by atoms with Crippen molar-refractivity contribution < 1.29 is 23.8 Å². The van der Waals surface area contributed by atoms with Crippen molar-refractivity contribution in [3.8, 4) is 11.1 Å². The van der Waals surface area contributed by atoms with Gasteiger partial charge in [-0.1, -0.05) is 43.9 Å². The summed E-state index contributed by atoms with van der Waals surface area (Å²) in [6, 6.07) is 15.1. The molecule has 0 bridgehead atoms. The van der Waals surface area contributed by atoms with Crippen molar-refractivity contribution in [2.45, 2.75) is 90.0 Å². The van der Waals surface area contributed by atoms with E-state index in [0.29, 0.717) is 31.8 Å². The number of amides is 1. The number of hydrogen-bond donors (Lipinski definition) is 1. The molecule has 1 N–H and O–H groups in total. The van der Waals surface area contributed by atoms with Crippen molar-refractivity contribution in [2.24, 2.45) is 0 Å². The number of ether oxygens (including phenoxy) is 3. The molecule has 1 unspecified atom stereocenters. The molecule has 1 aliphatic carbocycles. The number of anilines is 2. The van der Waals surface area contributed by atoms with Gasteiger partial charge >= 0.3 is 12.1 Å². The van der Waals surface area contributed by atoms with Crippen molar-refractivity contribution in [1.82, 2.24) is 9.78 Å². The standard InChI is InChI=1S/C34H46N4O5Si/c1-33(2,3)43-32(40)38-30-11-9-8-10-25(30)21-34(38,31(39)41-4)16-17-35-26-13-14-27-24(20-26)12-15-29-28(27)22-37(36-29)23-42-18-19-44(5,6)7/h8-11,13-14,20,22,35H,12,15-19,21,23H2,1-7H3. The first-order chi connectivity index (χ1) is 20.8. The van der Waals surface area contributed by atoms with E-state index in [9.17, 15) is 9.59 Å². The van der Waals surface area contributed by atoms with E-state index < -0.39 is 31.3 Å². The molecule has 9 nitrogen and oxygen atoms in total. The third kappa shape index (κ3) is 6.86. The number of benzene rings is 2. The van der Waals surface area contributed by atoms with Crippen LogP contribution in [0.1, 0.15) is 44.0 Å². The summed E-state index contributed by atoms with van der Waals surface area (Å²) in [6.07, 6.45) is 4.02. The summed E-state index contributed by atoms with van der Waals surface area (Å²) in [4.78, 5) is 28.5. The van der Waals surface area contributed by atoms with Gasteiger partial charge in [0.05, 0.1) is 18.5 Å². The Morgan fingerprint density at radius 1 is 1.05 bits per heavy atom. The van der Waals surface area contributed by atoms with Gasteiger partial charge in [-0.3, -0.25) is 4.90 Å². The highest BCUT2D eigenvalue weighted by Crippen LogP contribution is 2.43. The average molecular weight is 619 g/mol. The molecule has 10 heteroatoms. The second kappa shape index (κ2) is 12.4. The summed E-state index contributed by atoms with van der Waals surface area (Å²) >= 11 is 0. The number of aromatic nitrogens is 2. The minimum Gasteiger partial charge on any atom is -0.467 e. The van der Waals surface area contributed by atoms with Crippen LogP contribution in [0.25, 0.3) is 11.1 Å². The second-order valence-corrected chi connectivity index (χ2v) is 19.7. The van der Waals surface area contributed by atoms with Gasteiger partial charge in [0.25, 0.3) is 0 Å². The Balaban J connectivity index is 1.30. The summed E-state index contributed by atoms with van der Waals surface area (Å²) in [5.74, 6) is -0.458. The lowest BCUT2D eigenvalue weighted by Gasteiger charge is -2.37. The zero-order valence-corrected chi connectivity index (χ0v) is 28.2. The van der Waals surface area contributed by atoms with Crippen molar-refractivity contribution in [3.05, 3.63) is 65.5 Å². The highest BCUT2D eigenvalue weighted by molar-refractivity contribution is 6.76. The van der Waals surface area contributed by atoms with E-state index in [1.807, 2.05) is 49.7 Å². The molecule has 236 valence electrons. The largest absolute Gasteiger partial charge is 0.467 e. The number of fused-ring (bicyclic) bond motifs is 4. The monoisotopic (exact) mass is 618 g/mol. The molecule has 5 rings (SSSR count). The SMILES string of the molecule is COC(=O)C1(CCNc2ccc3c(c2)CCc2nn(COCC[Si](C)(C)C)cc2-3)Cc2ccccc2N1C(=O)OC(C)(C)C. The van der Waals surface area contributed by atoms with Gasteiger partial charge in [-0.15, -0.1) is 0 Å². The molecule has 0 saturated carbocycles. The molecule has 2 aromatic carbocycles. The zero-order chi connectivity index (χ0) is 31.7. The first-order valence-electron chi connectivity index (χ1n) is 15.5. The first kappa shape index (κ1) is 31.8. The van der Waals surface area contributed by atoms with E-state index >= 15 is 0 Å². The van der Waals surface area contributed by atoms with E-state index in [-0.39, 0.29) is 0 Å². The predicted octanol–water partition coefficient (Wildman–Crippen LogP) is 6.67. The molecule has 1 aliphatic heterocycles. The summed E-state index contributed by atoms with van der Waals surface area (Å²) in [5, 5.41) is 8.31. The number of carbonyl (C=O) groups excluding carboxylic acids is 2. The fourth-order valence-electron chi connectivity index (χ4n) is 6.05. The van der Waals surface area contributed by atoms with E-state index in [1.54, 1.807) is 0 Å². The highest BCUT2D eigenvalue weighted by Gasteiger charge is 2.54. The van der Waals surface area contributed by atoms with Crippen LogP contribution in [0.3, 0.4) is 0 Å².